The Bertz CT molecular complexity index is 468. The van der Waals surface area contributed by atoms with E-state index >= 15 is 0 Å². The molecule has 2 aromatic rings. The summed E-state index contributed by atoms with van der Waals surface area (Å²) in [5.74, 6) is 0. The Labute approximate surface area is 104 Å². The van der Waals surface area contributed by atoms with E-state index in [0.29, 0.717) is 0 Å². The average Bonchev–Trinajstić information content (AvgIpc) is 2.15. The fraction of sp³-hybridized carbons (Fsp3) is 0. The molecule has 0 atom stereocenters. The van der Waals surface area contributed by atoms with Crippen LogP contribution in [0.4, 0.5) is 0 Å². The highest BCUT2D eigenvalue weighted by Crippen LogP contribution is 2.34. The predicted molar refractivity (Wildman–Crippen MR) is 69.4 cm³/mol. The maximum absolute atomic E-state index is 6.04. The zero-order chi connectivity index (χ0) is 9.42. The smallest absolute Gasteiger partial charge is 0.0565 e. The first-order valence-corrected chi connectivity index (χ1v) is 5.97. The molecule has 2 aromatic carbocycles. The highest BCUT2D eigenvalue weighted by Gasteiger charge is 2.05. The summed E-state index contributed by atoms with van der Waals surface area (Å²) >= 11 is 11.8. The summed E-state index contributed by atoms with van der Waals surface area (Å²) in [4.78, 5) is 0. The normalized spacial score (nSPS) is 10.7. The molecule has 0 aliphatic rings. The van der Waals surface area contributed by atoms with Gasteiger partial charge >= 0.3 is 0 Å². The van der Waals surface area contributed by atoms with E-state index in [4.69, 9.17) is 11.6 Å². The number of benzene rings is 2. The van der Waals surface area contributed by atoms with Crippen LogP contribution < -0.4 is 0 Å². The third-order valence-electron chi connectivity index (χ3n) is 1.88. The van der Waals surface area contributed by atoms with Crippen molar-refractivity contribution in [1.29, 1.82) is 0 Å². The molecule has 0 amide bonds. The Morgan fingerprint density at radius 2 is 1.77 bits per heavy atom. The summed E-state index contributed by atoms with van der Waals surface area (Å²) in [6.45, 7) is 0. The zero-order valence-electron chi connectivity index (χ0n) is 6.52. The molecule has 66 valence electrons. The van der Waals surface area contributed by atoms with Crippen LogP contribution in [0.3, 0.4) is 0 Å². The topological polar surface area (TPSA) is 0 Å². The Balaban J connectivity index is 2.97. The van der Waals surface area contributed by atoms with Crippen LogP contribution in [0.2, 0.25) is 5.02 Å². The van der Waals surface area contributed by atoms with Crippen molar-refractivity contribution in [3.05, 3.63) is 43.4 Å². The number of fused-ring (bicyclic) bond motifs is 1. The molecule has 0 radical (unpaired) electrons. The van der Waals surface area contributed by atoms with Crippen LogP contribution in [0.5, 0.6) is 0 Å². The Kier molecular flexibility index (Phi) is 2.81. The lowest BCUT2D eigenvalue weighted by atomic mass is 10.1. The molecule has 3 heteroatoms. The van der Waals surface area contributed by atoms with Crippen molar-refractivity contribution in [1.82, 2.24) is 0 Å². The van der Waals surface area contributed by atoms with E-state index < -0.39 is 0 Å². The second-order valence-electron chi connectivity index (χ2n) is 2.70. The van der Waals surface area contributed by atoms with Crippen LogP contribution in [0.25, 0.3) is 10.8 Å². The van der Waals surface area contributed by atoms with Gasteiger partial charge in [0.05, 0.1) is 5.02 Å². The molecule has 0 saturated carbocycles. The fourth-order valence-electron chi connectivity index (χ4n) is 1.26. The monoisotopic (exact) mass is 366 g/mol. The van der Waals surface area contributed by atoms with Gasteiger partial charge in [0.1, 0.15) is 0 Å². The van der Waals surface area contributed by atoms with Gasteiger partial charge in [0, 0.05) is 8.04 Å². The van der Waals surface area contributed by atoms with Gasteiger partial charge in [-0.25, -0.2) is 0 Å². The van der Waals surface area contributed by atoms with Gasteiger partial charge in [-0.05, 0) is 55.4 Å². The molecule has 0 spiro atoms. The molecule has 0 nitrogen and oxygen atoms in total. The number of halogens is 3. The maximum Gasteiger partial charge on any atom is 0.0565 e. The van der Waals surface area contributed by atoms with Gasteiger partial charge in [-0.15, -0.1) is 0 Å². The molecule has 0 N–H and O–H groups in total. The average molecular weight is 367 g/mol. The first kappa shape index (κ1) is 9.74. The second-order valence-corrected chi connectivity index (χ2v) is 5.06. The van der Waals surface area contributed by atoms with Gasteiger partial charge < -0.3 is 0 Å². The van der Waals surface area contributed by atoms with Gasteiger partial charge in [0.25, 0.3) is 0 Å². The van der Waals surface area contributed by atoms with Crippen LogP contribution in [0, 0.1) is 3.57 Å². The van der Waals surface area contributed by atoms with Crippen LogP contribution in [0.15, 0.2) is 34.8 Å². The summed E-state index contributed by atoms with van der Waals surface area (Å²) in [6, 6.07) is 10.2. The minimum atomic E-state index is 0.767. The van der Waals surface area contributed by atoms with Crippen molar-refractivity contribution in [3.63, 3.8) is 0 Å². The third kappa shape index (κ3) is 1.72. The van der Waals surface area contributed by atoms with Crippen molar-refractivity contribution in [2.75, 3.05) is 0 Å². The number of hydrogen-bond acceptors (Lipinski definition) is 0. The van der Waals surface area contributed by atoms with Crippen molar-refractivity contribution in [2.24, 2.45) is 0 Å². The largest absolute Gasteiger partial charge is 0.0830 e. The molecular formula is C10H5BrClI. The van der Waals surface area contributed by atoms with Crippen molar-refractivity contribution in [3.8, 4) is 0 Å². The van der Waals surface area contributed by atoms with E-state index in [1.807, 2.05) is 18.2 Å². The van der Waals surface area contributed by atoms with E-state index in [1.165, 1.54) is 14.3 Å². The van der Waals surface area contributed by atoms with Crippen LogP contribution in [-0.2, 0) is 0 Å². The second kappa shape index (κ2) is 3.75. The standard InChI is InChI=1S/C10H5BrClI/c11-10-7-4-2-1-3-6(7)9(13)5-8(10)12/h1-5H. The Hall–Kier alpha value is 0.200. The van der Waals surface area contributed by atoms with Gasteiger partial charge in [-0.1, -0.05) is 35.9 Å². The van der Waals surface area contributed by atoms with E-state index in [-0.39, 0.29) is 0 Å². The minimum Gasteiger partial charge on any atom is -0.0830 e. The summed E-state index contributed by atoms with van der Waals surface area (Å²) in [6.07, 6.45) is 0. The SMILES string of the molecule is Clc1cc(I)c2ccccc2c1Br. The summed E-state index contributed by atoms with van der Waals surface area (Å²) in [5.41, 5.74) is 0. The summed E-state index contributed by atoms with van der Waals surface area (Å²) < 4.78 is 2.16. The molecular weight excluding hydrogens is 362 g/mol. The number of hydrogen-bond donors (Lipinski definition) is 0. The van der Waals surface area contributed by atoms with Crippen LogP contribution >= 0.6 is 50.1 Å². The Morgan fingerprint density at radius 1 is 1.15 bits per heavy atom. The lowest BCUT2D eigenvalue weighted by Crippen LogP contribution is -1.80. The lowest BCUT2D eigenvalue weighted by Gasteiger charge is -2.04. The summed E-state index contributed by atoms with van der Waals surface area (Å²) in [5, 5.41) is 3.17. The molecule has 13 heavy (non-hydrogen) atoms. The molecule has 0 aliphatic carbocycles. The highest BCUT2D eigenvalue weighted by molar-refractivity contribution is 14.1. The maximum atomic E-state index is 6.04. The van der Waals surface area contributed by atoms with Gasteiger partial charge in [0.15, 0.2) is 0 Å². The fourth-order valence-corrected chi connectivity index (χ4v) is 2.90. The number of rotatable bonds is 0. The molecule has 0 heterocycles. The quantitative estimate of drug-likeness (QED) is 0.461. The van der Waals surface area contributed by atoms with Gasteiger partial charge in [-0.3, -0.25) is 0 Å². The summed E-state index contributed by atoms with van der Waals surface area (Å²) in [7, 11) is 0. The van der Waals surface area contributed by atoms with Crippen molar-refractivity contribution >= 4 is 60.9 Å². The van der Waals surface area contributed by atoms with Crippen LogP contribution in [-0.4, -0.2) is 0 Å². The third-order valence-corrected chi connectivity index (χ3v) is 4.16. The van der Waals surface area contributed by atoms with E-state index in [0.717, 1.165) is 9.50 Å². The minimum absolute atomic E-state index is 0.767. The molecule has 0 bridgehead atoms. The molecule has 0 aliphatic heterocycles. The van der Waals surface area contributed by atoms with Crippen molar-refractivity contribution in [2.45, 2.75) is 0 Å². The first-order chi connectivity index (χ1) is 6.20. The molecule has 2 rings (SSSR count). The van der Waals surface area contributed by atoms with E-state index in [1.54, 1.807) is 0 Å². The van der Waals surface area contributed by atoms with E-state index in [9.17, 15) is 0 Å². The predicted octanol–water partition coefficient (Wildman–Crippen LogP) is 4.86. The van der Waals surface area contributed by atoms with Gasteiger partial charge in [0.2, 0.25) is 0 Å². The molecule has 0 aromatic heterocycles. The molecule has 0 unspecified atom stereocenters. The van der Waals surface area contributed by atoms with Crippen LogP contribution in [0.1, 0.15) is 0 Å². The van der Waals surface area contributed by atoms with Crippen molar-refractivity contribution < 1.29 is 0 Å². The Morgan fingerprint density at radius 3 is 2.46 bits per heavy atom. The first-order valence-electron chi connectivity index (χ1n) is 3.72. The van der Waals surface area contributed by atoms with E-state index in [2.05, 4.69) is 50.7 Å². The van der Waals surface area contributed by atoms with Gasteiger partial charge in [-0.2, -0.15) is 0 Å². The highest BCUT2D eigenvalue weighted by atomic mass is 127. The lowest BCUT2D eigenvalue weighted by molar-refractivity contribution is 1.67. The zero-order valence-corrected chi connectivity index (χ0v) is 11.0. The molecule has 0 fully saturated rings. The molecule has 0 saturated heterocycles.